The summed E-state index contributed by atoms with van der Waals surface area (Å²) in [5.41, 5.74) is 3.05. The van der Waals surface area contributed by atoms with Crippen LogP contribution in [0.1, 0.15) is 48.2 Å². The molecule has 11 heteroatoms. The predicted octanol–water partition coefficient (Wildman–Crippen LogP) is 3.98. The van der Waals surface area contributed by atoms with E-state index >= 15 is 0 Å². The van der Waals surface area contributed by atoms with Crippen LogP contribution in [0.15, 0.2) is 54.7 Å². The number of benzene rings is 2. The smallest absolute Gasteiger partial charge is 0.313 e. The summed E-state index contributed by atoms with van der Waals surface area (Å²) in [6.07, 6.45) is 1.28. The monoisotopic (exact) mass is 521 g/mol. The average molecular weight is 522 g/mol. The minimum atomic E-state index is -0.663. The fourth-order valence-corrected chi connectivity index (χ4v) is 4.82. The Morgan fingerprint density at radius 2 is 1.97 bits per heavy atom. The van der Waals surface area contributed by atoms with Crippen LogP contribution >= 0.6 is 0 Å². The first-order valence-electron chi connectivity index (χ1n) is 12.3. The summed E-state index contributed by atoms with van der Waals surface area (Å²) in [5.74, 6) is 0.695. The van der Waals surface area contributed by atoms with Crippen molar-refractivity contribution in [3.8, 4) is 17.2 Å². The summed E-state index contributed by atoms with van der Waals surface area (Å²) >= 11 is 0. The highest BCUT2D eigenvalue weighted by atomic mass is 19.1. The molecule has 2 atom stereocenters. The van der Waals surface area contributed by atoms with Crippen LogP contribution < -0.4 is 9.47 Å². The fraction of sp³-hybridized carbons (Fsp3) is 0.333. The molecule has 0 spiro atoms. The molecule has 2 unspecified atom stereocenters. The number of hydrogen-bond donors (Lipinski definition) is 0. The lowest BCUT2D eigenvalue weighted by atomic mass is 9.98. The van der Waals surface area contributed by atoms with Crippen molar-refractivity contribution in [1.29, 1.82) is 0 Å². The fourth-order valence-electron chi connectivity index (χ4n) is 4.82. The zero-order valence-electron chi connectivity index (χ0n) is 21.3. The number of esters is 1. The molecule has 2 aromatic heterocycles. The summed E-state index contributed by atoms with van der Waals surface area (Å²) < 4.78 is 41.2. The number of ether oxygens (including phenoxy) is 4. The molecule has 0 saturated heterocycles. The molecule has 0 fully saturated rings. The van der Waals surface area contributed by atoms with Gasteiger partial charge in [0, 0.05) is 23.9 Å². The lowest BCUT2D eigenvalue weighted by Gasteiger charge is -2.25. The highest BCUT2D eigenvalue weighted by Gasteiger charge is 2.33. The highest BCUT2D eigenvalue weighted by Crippen LogP contribution is 2.46. The van der Waals surface area contributed by atoms with E-state index in [9.17, 15) is 9.18 Å². The van der Waals surface area contributed by atoms with Crippen molar-refractivity contribution >= 4 is 5.97 Å². The number of carbonyl (C=O) groups excluding carboxylic acids is 1. The van der Waals surface area contributed by atoms with Crippen molar-refractivity contribution in [2.75, 3.05) is 20.8 Å². The lowest BCUT2D eigenvalue weighted by Crippen LogP contribution is -2.17. The Morgan fingerprint density at radius 3 is 2.76 bits per heavy atom. The van der Waals surface area contributed by atoms with Crippen LogP contribution in [0.25, 0.3) is 5.69 Å². The van der Waals surface area contributed by atoms with E-state index in [0.29, 0.717) is 41.4 Å². The van der Waals surface area contributed by atoms with Gasteiger partial charge in [0.15, 0.2) is 17.3 Å². The van der Waals surface area contributed by atoms with Gasteiger partial charge in [-0.15, -0.1) is 5.10 Å². The quantitative estimate of drug-likeness (QED) is 0.305. The Morgan fingerprint density at radius 1 is 1.11 bits per heavy atom. The van der Waals surface area contributed by atoms with Crippen molar-refractivity contribution in [2.24, 2.45) is 0 Å². The first kappa shape index (κ1) is 25.4. The lowest BCUT2D eigenvalue weighted by molar-refractivity contribution is -0.142. The normalized spacial score (nSPS) is 16.3. The molecular formula is C27H28FN5O5. The molecule has 198 valence electrons. The van der Waals surface area contributed by atoms with Gasteiger partial charge in [0.25, 0.3) is 0 Å². The number of rotatable bonds is 9. The van der Waals surface area contributed by atoms with Gasteiger partial charge < -0.3 is 23.5 Å². The molecule has 38 heavy (non-hydrogen) atoms. The molecular weight excluding hydrogens is 493 g/mol. The number of tetrazole rings is 1. The molecule has 4 aromatic rings. The van der Waals surface area contributed by atoms with Gasteiger partial charge in [0.1, 0.15) is 24.4 Å². The van der Waals surface area contributed by atoms with Crippen molar-refractivity contribution in [1.82, 2.24) is 24.8 Å². The number of aryl methyl sites for hydroxylation is 1. The van der Waals surface area contributed by atoms with E-state index in [4.69, 9.17) is 18.9 Å². The van der Waals surface area contributed by atoms with Crippen LogP contribution in [0.4, 0.5) is 4.39 Å². The van der Waals surface area contributed by atoms with E-state index in [1.54, 1.807) is 38.0 Å². The van der Waals surface area contributed by atoms with Gasteiger partial charge >= 0.3 is 5.97 Å². The van der Waals surface area contributed by atoms with E-state index in [1.165, 1.54) is 12.1 Å². The number of hydrogen-bond acceptors (Lipinski definition) is 8. The molecule has 3 heterocycles. The van der Waals surface area contributed by atoms with E-state index in [2.05, 4.69) is 15.5 Å². The van der Waals surface area contributed by atoms with Crippen LogP contribution in [0.5, 0.6) is 11.5 Å². The van der Waals surface area contributed by atoms with Crippen molar-refractivity contribution < 1.29 is 28.1 Å². The maximum absolute atomic E-state index is 14.6. The Labute approximate surface area is 218 Å². The standard InChI is InChI=1S/C27H28FN5O5/c1-4-37-25(34)16-24-29-30-31-33(24)14-12-22-21-8-6-13-32(21)20-11-10-17(28)15-19(20)26(38-22)18-7-5-9-23(35-2)27(18)36-3/h5-11,13,15,22,26H,4,12,14,16H2,1-3H3. The molecule has 0 bridgehead atoms. The van der Waals surface area contributed by atoms with E-state index < -0.39 is 18.2 Å². The summed E-state index contributed by atoms with van der Waals surface area (Å²) in [5, 5.41) is 11.8. The summed E-state index contributed by atoms with van der Waals surface area (Å²) in [4.78, 5) is 12.0. The molecule has 10 nitrogen and oxygen atoms in total. The number of para-hydroxylation sites is 1. The van der Waals surface area contributed by atoms with Gasteiger partial charge in [-0.2, -0.15) is 0 Å². The van der Waals surface area contributed by atoms with E-state index in [-0.39, 0.29) is 18.8 Å². The van der Waals surface area contributed by atoms with Gasteiger partial charge in [0.05, 0.1) is 32.2 Å². The number of carbonyl (C=O) groups is 1. The maximum Gasteiger partial charge on any atom is 0.313 e. The Hall–Kier alpha value is -4.25. The minimum Gasteiger partial charge on any atom is -0.493 e. The molecule has 1 aliphatic rings. The third kappa shape index (κ3) is 4.84. The van der Waals surface area contributed by atoms with Gasteiger partial charge in [-0.1, -0.05) is 12.1 Å². The van der Waals surface area contributed by atoms with Gasteiger partial charge in [0.2, 0.25) is 0 Å². The number of halogens is 1. The maximum atomic E-state index is 14.6. The van der Waals surface area contributed by atoms with Crippen LogP contribution in [-0.4, -0.2) is 51.6 Å². The van der Waals surface area contributed by atoms with Gasteiger partial charge in [-0.25, -0.2) is 9.07 Å². The Balaban J connectivity index is 1.53. The number of aromatic nitrogens is 5. The Kier molecular flexibility index (Phi) is 7.36. The van der Waals surface area contributed by atoms with Crippen LogP contribution in [0.2, 0.25) is 0 Å². The number of fused-ring (bicyclic) bond motifs is 3. The third-order valence-corrected chi connectivity index (χ3v) is 6.47. The topological polar surface area (TPSA) is 103 Å². The number of nitrogens with zero attached hydrogens (tertiary/aromatic N) is 5. The Bertz CT molecular complexity index is 1430. The number of methoxy groups -OCH3 is 2. The van der Waals surface area contributed by atoms with Gasteiger partial charge in [-0.3, -0.25) is 4.79 Å². The van der Waals surface area contributed by atoms with Crippen LogP contribution in [-0.2, 0) is 27.2 Å². The van der Waals surface area contributed by atoms with Crippen molar-refractivity contribution in [2.45, 2.75) is 38.5 Å². The largest absolute Gasteiger partial charge is 0.493 e. The molecule has 2 aromatic carbocycles. The molecule has 0 saturated carbocycles. The van der Waals surface area contributed by atoms with Crippen LogP contribution in [0.3, 0.4) is 0 Å². The zero-order valence-corrected chi connectivity index (χ0v) is 21.3. The SMILES string of the molecule is CCOC(=O)Cc1nnnn1CCC1OC(c2cccc(OC)c2OC)c2cc(F)ccc2-n2cccc21. The average Bonchev–Trinajstić information content (AvgIpc) is 3.56. The summed E-state index contributed by atoms with van der Waals surface area (Å²) in [7, 11) is 3.13. The minimum absolute atomic E-state index is 0.0307. The second-order valence-corrected chi connectivity index (χ2v) is 8.68. The third-order valence-electron chi connectivity index (χ3n) is 6.47. The van der Waals surface area contributed by atoms with E-state index in [1.807, 2.05) is 35.0 Å². The molecule has 5 rings (SSSR count). The first-order chi connectivity index (χ1) is 18.5. The second-order valence-electron chi connectivity index (χ2n) is 8.68. The summed E-state index contributed by atoms with van der Waals surface area (Å²) in [6, 6.07) is 14.1. The van der Waals surface area contributed by atoms with Gasteiger partial charge in [-0.05, 0) is 60.2 Å². The van der Waals surface area contributed by atoms with Crippen molar-refractivity contribution in [3.63, 3.8) is 0 Å². The molecule has 0 radical (unpaired) electrons. The highest BCUT2D eigenvalue weighted by molar-refractivity contribution is 5.71. The zero-order chi connectivity index (χ0) is 26.6. The molecule has 1 aliphatic heterocycles. The van der Waals surface area contributed by atoms with E-state index in [0.717, 1.165) is 11.4 Å². The predicted molar refractivity (Wildman–Crippen MR) is 134 cm³/mol. The second kappa shape index (κ2) is 11.0. The van der Waals surface area contributed by atoms with Crippen molar-refractivity contribution in [3.05, 3.63) is 83.2 Å². The van der Waals surface area contributed by atoms with Crippen LogP contribution in [0, 0.1) is 5.82 Å². The molecule has 0 aliphatic carbocycles. The summed E-state index contributed by atoms with van der Waals surface area (Å²) in [6.45, 7) is 2.41. The molecule has 0 N–H and O–H groups in total. The molecule has 0 amide bonds. The first-order valence-corrected chi connectivity index (χ1v) is 12.3.